The smallest absolute Gasteiger partial charge is 0.267 e. The van der Waals surface area contributed by atoms with Crippen molar-refractivity contribution in [1.29, 1.82) is 0 Å². The number of nitro groups is 1. The maximum atomic E-state index is 12.4. The molecule has 0 saturated carbocycles. The fraction of sp³-hybridized carbons (Fsp3) is 0. The van der Waals surface area contributed by atoms with Gasteiger partial charge in [0.1, 0.15) is 5.52 Å². The van der Waals surface area contributed by atoms with Crippen molar-refractivity contribution in [3.63, 3.8) is 0 Å². The molecule has 3 aromatic rings. The van der Waals surface area contributed by atoms with Gasteiger partial charge in [-0.2, -0.15) is 4.68 Å². The number of rotatable bonds is 2. The summed E-state index contributed by atoms with van der Waals surface area (Å²) in [4.78, 5) is 22.6. The first-order chi connectivity index (χ1) is 10.1. The Labute approximate surface area is 122 Å². The number of non-ortho nitro benzene ring substituents is 1. The van der Waals surface area contributed by atoms with Crippen molar-refractivity contribution in [3.8, 4) is 0 Å². The van der Waals surface area contributed by atoms with Gasteiger partial charge in [-0.15, -0.1) is 5.10 Å². The van der Waals surface area contributed by atoms with Crippen LogP contribution >= 0.6 is 11.6 Å². The molecule has 0 amide bonds. The van der Waals surface area contributed by atoms with Crippen LogP contribution < -0.4 is 0 Å². The summed E-state index contributed by atoms with van der Waals surface area (Å²) in [6.07, 6.45) is 0. The van der Waals surface area contributed by atoms with E-state index in [1.807, 2.05) is 0 Å². The summed E-state index contributed by atoms with van der Waals surface area (Å²) in [6.45, 7) is 0. The van der Waals surface area contributed by atoms with Crippen LogP contribution in [0.1, 0.15) is 10.4 Å². The molecule has 1 heterocycles. The van der Waals surface area contributed by atoms with Gasteiger partial charge in [0.05, 0.1) is 10.4 Å². The lowest BCUT2D eigenvalue weighted by molar-refractivity contribution is -0.384. The van der Waals surface area contributed by atoms with Crippen molar-refractivity contribution in [3.05, 3.63) is 63.2 Å². The van der Waals surface area contributed by atoms with Gasteiger partial charge >= 0.3 is 0 Å². The van der Waals surface area contributed by atoms with Gasteiger partial charge in [-0.05, 0) is 24.3 Å². The Balaban J connectivity index is 2.08. The average Bonchev–Trinajstić information content (AvgIpc) is 2.89. The molecule has 1 aromatic heterocycles. The van der Waals surface area contributed by atoms with Gasteiger partial charge < -0.3 is 0 Å². The molecular formula is C13H7ClN4O3. The largest absolute Gasteiger partial charge is 0.280 e. The third-order valence-electron chi connectivity index (χ3n) is 2.90. The predicted molar refractivity (Wildman–Crippen MR) is 75.4 cm³/mol. The van der Waals surface area contributed by atoms with Crippen molar-refractivity contribution in [2.45, 2.75) is 0 Å². The van der Waals surface area contributed by atoms with Gasteiger partial charge in [0, 0.05) is 22.7 Å². The zero-order valence-corrected chi connectivity index (χ0v) is 11.2. The molecule has 0 atom stereocenters. The van der Waals surface area contributed by atoms with E-state index in [-0.39, 0.29) is 11.3 Å². The van der Waals surface area contributed by atoms with Crippen LogP contribution in [-0.4, -0.2) is 25.8 Å². The number of nitrogens with zero attached hydrogens (tertiary/aromatic N) is 4. The summed E-state index contributed by atoms with van der Waals surface area (Å²) >= 11 is 5.84. The zero-order chi connectivity index (χ0) is 15.0. The number of halogens is 1. The molecule has 0 unspecified atom stereocenters. The van der Waals surface area contributed by atoms with Crippen LogP contribution in [0.25, 0.3) is 11.0 Å². The van der Waals surface area contributed by atoms with Crippen molar-refractivity contribution in [1.82, 2.24) is 15.0 Å². The van der Waals surface area contributed by atoms with Crippen LogP contribution in [0.3, 0.4) is 0 Å². The zero-order valence-electron chi connectivity index (χ0n) is 10.4. The van der Waals surface area contributed by atoms with Crippen LogP contribution in [0.5, 0.6) is 0 Å². The molecule has 0 N–H and O–H groups in total. The van der Waals surface area contributed by atoms with Gasteiger partial charge in [-0.3, -0.25) is 14.9 Å². The molecule has 0 spiro atoms. The van der Waals surface area contributed by atoms with Crippen molar-refractivity contribution >= 4 is 34.2 Å². The Kier molecular flexibility index (Phi) is 3.11. The van der Waals surface area contributed by atoms with Crippen molar-refractivity contribution < 1.29 is 9.72 Å². The standard InChI is InChI=1S/C13H7ClN4O3/c14-9-4-5-12-11(7-9)15-16-17(12)13(19)8-2-1-3-10(6-8)18(20)21/h1-7H. The fourth-order valence-electron chi connectivity index (χ4n) is 1.92. The maximum Gasteiger partial charge on any atom is 0.280 e. The van der Waals surface area contributed by atoms with E-state index in [4.69, 9.17) is 11.6 Å². The highest BCUT2D eigenvalue weighted by molar-refractivity contribution is 6.31. The van der Waals surface area contributed by atoms with Crippen LogP contribution in [-0.2, 0) is 0 Å². The molecule has 0 radical (unpaired) electrons. The fourth-order valence-corrected chi connectivity index (χ4v) is 2.09. The lowest BCUT2D eigenvalue weighted by Crippen LogP contribution is -2.13. The lowest BCUT2D eigenvalue weighted by atomic mass is 10.2. The van der Waals surface area contributed by atoms with E-state index < -0.39 is 10.8 Å². The minimum Gasteiger partial charge on any atom is -0.267 e. The molecule has 0 bridgehead atoms. The number of benzene rings is 2. The van der Waals surface area contributed by atoms with Gasteiger partial charge in [-0.1, -0.05) is 22.9 Å². The Morgan fingerprint density at radius 3 is 2.81 bits per heavy atom. The summed E-state index contributed by atoms with van der Waals surface area (Å²) < 4.78 is 1.09. The van der Waals surface area contributed by atoms with Crippen LogP contribution in [0.2, 0.25) is 5.02 Å². The molecule has 0 saturated heterocycles. The number of aromatic nitrogens is 3. The minimum atomic E-state index is -0.560. The highest BCUT2D eigenvalue weighted by atomic mass is 35.5. The molecule has 0 fully saturated rings. The molecule has 7 nitrogen and oxygen atoms in total. The summed E-state index contributed by atoms with van der Waals surface area (Å²) in [5, 5.41) is 18.9. The van der Waals surface area contributed by atoms with Crippen LogP contribution in [0.15, 0.2) is 42.5 Å². The highest BCUT2D eigenvalue weighted by Crippen LogP contribution is 2.19. The molecular weight excluding hydrogens is 296 g/mol. The van der Waals surface area contributed by atoms with Crippen LogP contribution in [0.4, 0.5) is 5.69 Å². The van der Waals surface area contributed by atoms with E-state index >= 15 is 0 Å². The van der Waals surface area contributed by atoms with Crippen LogP contribution in [0, 0.1) is 10.1 Å². The average molecular weight is 303 g/mol. The van der Waals surface area contributed by atoms with E-state index in [9.17, 15) is 14.9 Å². The summed E-state index contributed by atoms with van der Waals surface area (Å²) in [5.41, 5.74) is 0.955. The highest BCUT2D eigenvalue weighted by Gasteiger charge is 2.17. The Morgan fingerprint density at radius 1 is 1.24 bits per heavy atom. The Morgan fingerprint density at radius 2 is 2.05 bits per heavy atom. The quantitative estimate of drug-likeness (QED) is 0.536. The third-order valence-corrected chi connectivity index (χ3v) is 3.14. The molecule has 3 rings (SSSR count). The normalized spacial score (nSPS) is 10.7. The Bertz CT molecular complexity index is 875. The molecule has 0 aliphatic heterocycles. The van der Waals surface area contributed by atoms with Crippen molar-refractivity contribution in [2.24, 2.45) is 0 Å². The molecule has 8 heteroatoms. The molecule has 0 aliphatic rings. The predicted octanol–water partition coefficient (Wildman–Crippen LogP) is 2.68. The maximum absolute atomic E-state index is 12.4. The first kappa shape index (κ1) is 13.2. The number of fused-ring (bicyclic) bond motifs is 1. The van der Waals surface area contributed by atoms with Gasteiger partial charge in [0.25, 0.3) is 11.6 Å². The van der Waals surface area contributed by atoms with E-state index in [1.54, 1.807) is 18.2 Å². The van der Waals surface area contributed by atoms with Gasteiger partial charge in [-0.25, -0.2) is 0 Å². The number of hydrogen-bond donors (Lipinski definition) is 0. The van der Waals surface area contributed by atoms with E-state index in [0.29, 0.717) is 16.1 Å². The number of carbonyl (C=O) groups excluding carboxylic acids is 1. The van der Waals surface area contributed by atoms with E-state index in [0.717, 1.165) is 4.68 Å². The number of nitro benzene ring substituents is 1. The van der Waals surface area contributed by atoms with Gasteiger partial charge in [0.2, 0.25) is 0 Å². The monoisotopic (exact) mass is 302 g/mol. The van der Waals surface area contributed by atoms with Crippen molar-refractivity contribution in [2.75, 3.05) is 0 Å². The topological polar surface area (TPSA) is 90.9 Å². The second-order valence-electron chi connectivity index (χ2n) is 4.25. The Hall–Kier alpha value is -2.80. The first-order valence-corrected chi connectivity index (χ1v) is 6.24. The molecule has 0 aliphatic carbocycles. The van der Waals surface area contributed by atoms with Gasteiger partial charge in [0.15, 0.2) is 0 Å². The molecule has 21 heavy (non-hydrogen) atoms. The third kappa shape index (κ3) is 2.34. The minimum absolute atomic E-state index is 0.158. The number of hydrogen-bond acceptors (Lipinski definition) is 5. The summed E-state index contributed by atoms with van der Waals surface area (Å²) in [7, 11) is 0. The van der Waals surface area contributed by atoms with E-state index in [1.165, 1.54) is 24.3 Å². The second kappa shape index (κ2) is 4.95. The SMILES string of the molecule is O=C(c1cccc([N+](=O)[O-])c1)n1nnc2cc(Cl)ccc21. The number of carbonyl (C=O) groups is 1. The second-order valence-corrected chi connectivity index (χ2v) is 4.68. The van der Waals surface area contributed by atoms with E-state index in [2.05, 4.69) is 10.3 Å². The first-order valence-electron chi connectivity index (χ1n) is 5.86. The summed E-state index contributed by atoms with van der Waals surface area (Å²) in [6, 6.07) is 10.3. The molecule has 2 aromatic carbocycles. The lowest BCUT2D eigenvalue weighted by Gasteiger charge is -2.01. The summed E-state index contributed by atoms with van der Waals surface area (Å²) in [5.74, 6) is -0.497. The molecule has 104 valence electrons.